The number of anilines is 2. The number of aromatic nitrogens is 2. The van der Waals surface area contributed by atoms with Crippen molar-refractivity contribution in [3.05, 3.63) is 6.07 Å². The summed E-state index contributed by atoms with van der Waals surface area (Å²) in [5.41, 5.74) is 10.9. The first-order valence-electron chi connectivity index (χ1n) is 3.60. The molecule has 0 atom stereocenters. The first-order valence-corrected chi connectivity index (χ1v) is 4.59. The molecular formula is C7H10N4OS. The van der Waals surface area contributed by atoms with E-state index in [4.69, 9.17) is 11.5 Å². The lowest BCUT2D eigenvalue weighted by atomic mass is 10.5. The molecule has 1 aromatic rings. The Bertz CT molecular complexity index is 308. The van der Waals surface area contributed by atoms with Crippen LogP contribution in [-0.4, -0.2) is 21.5 Å². The highest BCUT2D eigenvalue weighted by atomic mass is 32.2. The van der Waals surface area contributed by atoms with E-state index in [1.807, 2.05) is 0 Å². The van der Waals surface area contributed by atoms with Crippen LogP contribution < -0.4 is 11.5 Å². The lowest BCUT2D eigenvalue weighted by Crippen LogP contribution is -2.01. The summed E-state index contributed by atoms with van der Waals surface area (Å²) in [4.78, 5) is 18.5. The molecule has 4 N–H and O–H groups in total. The molecule has 1 aromatic heterocycles. The van der Waals surface area contributed by atoms with Gasteiger partial charge in [0.25, 0.3) is 0 Å². The fourth-order valence-corrected chi connectivity index (χ4v) is 1.36. The fourth-order valence-electron chi connectivity index (χ4n) is 0.693. The van der Waals surface area contributed by atoms with Crippen LogP contribution in [0.1, 0.15) is 6.92 Å². The van der Waals surface area contributed by atoms with Gasteiger partial charge in [-0.15, -0.1) is 0 Å². The predicted octanol–water partition coefficient (Wildman–Crippen LogP) is 0.322. The Kier molecular flexibility index (Phi) is 3.07. The minimum absolute atomic E-state index is 0.0644. The summed E-state index contributed by atoms with van der Waals surface area (Å²) in [6, 6.07) is 1.47. The van der Waals surface area contributed by atoms with Crippen molar-refractivity contribution in [2.45, 2.75) is 12.1 Å². The molecule has 5 nitrogen and oxygen atoms in total. The number of carbonyl (C=O) groups is 1. The molecule has 0 saturated carbocycles. The summed E-state index contributed by atoms with van der Waals surface area (Å²) in [6.07, 6.45) is 0. The van der Waals surface area contributed by atoms with Crippen LogP contribution in [0.15, 0.2) is 11.2 Å². The molecule has 0 aliphatic heterocycles. The number of nitrogens with two attached hydrogens (primary N) is 2. The fraction of sp³-hybridized carbons (Fsp3) is 0.286. The van der Waals surface area contributed by atoms with Gasteiger partial charge >= 0.3 is 0 Å². The SMILES string of the molecule is CC(=O)CSc1nc(N)cc(N)n1. The third-order valence-corrected chi connectivity index (χ3v) is 2.14. The molecular weight excluding hydrogens is 188 g/mol. The molecule has 0 unspecified atom stereocenters. The molecule has 0 bridgehead atoms. The molecule has 0 amide bonds. The van der Waals surface area contributed by atoms with Crippen LogP contribution in [0.5, 0.6) is 0 Å². The van der Waals surface area contributed by atoms with Gasteiger partial charge in [-0.3, -0.25) is 4.79 Å². The standard InChI is InChI=1S/C7H10N4OS/c1-4(12)3-13-7-10-5(8)2-6(9)11-7/h2H,3H2,1H3,(H4,8,9,10,11). The summed E-state index contributed by atoms with van der Waals surface area (Å²) in [7, 11) is 0. The molecule has 0 spiro atoms. The lowest BCUT2D eigenvalue weighted by Gasteiger charge is -2.00. The Morgan fingerprint density at radius 2 is 2.00 bits per heavy atom. The maximum absolute atomic E-state index is 10.6. The van der Waals surface area contributed by atoms with Crippen LogP contribution in [0, 0.1) is 0 Å². The van der Waals surface area contributed by atoms with Gasteiger partial charge in [0.1, 0.15) is 17.4 Å². The predicted molar refractivity (Wildman–Crippen MR) is 52.3 cm³/mol. The number of hydrogen-bond donors (Lipinski definition) is 2. The van der Waals surface area contributed by atoms with Gasteiger partial charge in [0.05, 0.1) is 5.75 Å². The Hall–Kier alpha value is -1.30. The number of carbonyl (C=O) groups excluding carboxylic acids is 1. The Labute approximate surface area is 79.9 Å². The minimum atomic E-state index is 0.0644. The smallest absolute Gasteiger partial charge is 0.191 e. The van der Waals surface area contributed by atoms with Crippen molar-refractivity contribution < 1.29 is 4.79 Å². The van der Waals surface area contributed by atoms with Crippen molar-refractivity contribution in [2.24, 2.45) is 0 Å². The van der Waals surface area contributed by atoms with Crippen molar-refractivity contribution in [1.82, 2.24) is 9.97 Å². The van der Waals surface area contributed by atoms with E-state index in [1.165, 1.54) is 24.8 Å². The third-order valence-electron chi connectivity index (χ3n) is 1.15. The average molecular weight is 198 g/mol. The Balaban J connectivity index is 2.71. The zero-order chi connectivity index (χ0) is 9.84. The molecule has 0 fully saturated rings. The number of hydrogen-bond acceptors (Lipinski definition) is 6. The number of nitrogens with zero attached hydrogens (tertiary/aromatic N) is 2. The van der Waals surface area contributed by atoms with Crippen LogP contribution >= 0.6 is 11.8 Å². The van der Waals surface area contributed by atoms with Crippen molar-refractivity contribution in [1.29, 1.82) is 0 Å². The van der Waals surface area contributed by atoms with Crippen LogP contribution in [0.2, 0.25) is 0 Å². The van der Waals surface area contributed by atoms with Crippen LogP contribution in [0.4, 0.5) is 11.6 Å². The molecule has 0 radical (unpaired) electrons. The van der Waals surface area contributed by atoms with Crippen molar-refractivity contribution in [3.63, 3.8) is 0 Å². The molecule has 13 heavy (non-hydrogen) atoms. The molecule has 70 valence electrons. The summed E-state index contributed by atoms with van der Waals surface area (Å²) in [6.45, 7) is 1.50. The van der Waals surface area contributed by atoms with E-state index in [0.29, 0.717) is 22.5 Å². The number of Topliss-reactive ketones (excluding diaryl/α,β-unsaturated/α-hetero) is 1. The summed E-state index contributed by atoms with van der Waals surface area (Å²) < 4.78 is 0. The number of thioether (sulfide) groups is 1. The van der Waals surface area contributed by atoms with Gasteiger partial charge in [0, 0.05) is 6.07 Å². The zero-order valence-corrected chi connectivity index (χ0v) is 7.97. The third kappa shape index (κ3) is 3.29. The molecule has 0 aliphatic rings. The van der Waals surface area contributed by atoms with Gasteiger partial charge in [-0.05, 0) is 6.92 Å². The molecule has 0 saturated heterocycles. The summed E-state index contributed by atoms with van der Waals surface area (Å²) in [5, 5.41) is 0.438. The molecule has 1 heterocycles. The first kappa shape index (κ1) is 9.79. The number of nitrogen functional groups attached to an aromatic ring is 2. The second-order valence-electron chi connectivity index (χ2n) is 2.49. The number of ketones is 1. The van der Waals surface area contributed by atoms with Crippen LogP contribution in [0.3, 0.4) is 0 Å². The van der Waals surface area contributed by atoms with Gasteiger partial charge in [0.15, 0.2) is 5.16 Å². The maximum atomic E-state index is 10.6. The van der Waals surface area contributed by atoms with E-state index in [-0.39, 0.29) is 5.78 Å². The van der Waals surface area contributed by atoms with E-state index in [0.717, 1.165) is 0 Å². The monoisotopic (exact) mass is 198 g/mol. The zero-order valence-electron chi connectivity index (χ0n) is 7.15. The highest BCUT2D eigenvalue weighted by Gasteiger charge is 2.02. The quantitative estimate of drug-likeness (QED) is 0.536. The lowest BCUT2D eigenvalue weighted by molar-refractivity contribution is -0.114. The van der Waals surface area contributed by atoms with Gasteiger partial charge < -0.3 is 11.5 Å². The van der Waals surface area contributed by atoms with E-state index in [9.17, 15) is 4.79 Å². The molecule has 0 aliphatic carbocycles. The van der Waals surface area contributed by atoms with Crippen LogP contribution in [-0.2, 0) is 4.79 Å². The van der Waals surface area contributed by atoms with E-state index >= 15 is 0 Å². The van der Waals surface area contributed by atoms with E-state index in [1.54, 1.807) is 0 Å². The largest absolute Gasteiger partial charge is 0.383 e. The molecule has 6 heteroatoms. The second-order valence-corrected chi connectivity index (χ2v) is 3.43. The normalized spacial score (nSPS) is 9.92. The van der Waals surface area contributed by atoms with E-state index < -0.39 is 0 Å². The van der Waals surface area contributed by atoms with E-state index in [2.05, 4.69) is 9.97 Å². The van der Waals surface area contributed by atoms with Crippen molar-refractivity contribution in [2.75, 3.05) is 17.2 Å². The Morgan fingerprint density at radius 1 is 1.46 bits per heavy atom. The highest BCUT2D eigenvalue weighted by Crippen LogP contribution is 2.15. The van der Waals surface area contributed by atoms with Crippen LogP contribution in [0.25, 0.3) is 0 Å². The second kappa shape index (κ2) is 4.08. The summed E-state index contributed by atoms with van der Waals surface area (Å²) in [5.74, 6) is 1.04. The highest BCUT2D eigenvalue weighted by molar-refractivity contribution is 7.99. The maximum Gasteiger partial charge on any atom is 0.191 e. The van der Waals surface area contributed by atoms with Crippen molar-refractivity contribution >= 4 is 29.2 Å². The van der Waals surface area contributed by atoms with Crippen molar-refractivity contribution in [3.8, 4) is 0 Å². The average Bonchev–Trinajstić information content (AvgIpc) is 1.99. The minimum Gasteiger partial charge on any atom is -0.383 e. The van der Waals surface area contributed by atoms with Gasteiger partial charge in [-0.2, -0.15) is 0 Å². The number of rotatable bonds is 3. The van der Waals surface area contributed by atoms with Gasteiger partial charge in [-0.1, -0.05) is 11.8 Å². The summed E-state index contributed by atoms with van der Waals surface area (Å²) >= 11 is 1.23. The first-order chi connectivity index (χ1) is 6.08. The van der Waals surface area contributed by atoms with Gasteiger partial charge in [0.2, 0.25) is 0 Å². The topological polar surface area (TPSA) is 94.9 Å². The Morgan fingerprint density at radius 3 is 2.46 bits per heavy atom. The van der Waals surface area contributed by atoms with Gasteiger partial charge in [-0.25, -0.2) is 9.97 Å². The molecule has 0 aromatic carbocycles. The molecule has 1 rings (SSSR count).